The number of aryl methyl sites for hydroxylation is 1. The van der Waals surface area contributed by atoms with Crippen LogP contribution in [0.15, 0.2) is 10.9 Å². The van der Waals surface area contributed by atoms with E-state index in [0.29, 0.717) is 22.1 Å². The van der Waals surface area contributed by atoms with Crippen molar-refractivity contribution in [3.8, 4) is 0 Å². The molecule has 4 rings (SSSR count). The molecule has 27 heavy (non-hydrogen) atoms. The largest absolute Gasteiger partial charge is 0.480 e. The molecule has 0 atom stereocenters. The Bertz CT molecular complexity index is 885. The molecule has 2 aliphatic rings. The van der Waals surface area contributed by atoms with E-state index in [1.54, 1.807) is 6.07 Å². The SMILES string of the molecule is CCCc1cc(=O)n2nc(NC3CC(N(CC(=O)O)CC4CC4)C3)sc2n1. The zero-order chi connectivity index (χ0) is 19.0. The number of aliphatic carboxylic acids is 1. The Hall–Kier alpha value is -2.00. The van der Waals surface area contributed by atoms with Crippen molar-refractivity contribution in [2.75, 3.05) is 18.4 Å². The zero-order valence-corrected chi connectivity index (χ0v) is 16.2. The van der Waals surface area contributed by atoms with Gasteiger partial charge in [-0.2, -0.15) is 4.52 Å². The number of carboxylic acid groups (broad SMARTS) is 1. The van der Waals surface area contributed by atoms with Crippen LogP contribution in [0.5, 0.6) is 0 Å². The molecule has 2 aliphatic carbocycles. The van der Waals surface area contributed by atoms with Crippen LogP contribution in [0.2, 0.25) is 0 Å². The molecule has 9 heteroatoms. The van der Waals surface area contributed by atoms with Crippen molar-refractivity contribution < 1.29 is 9.90 Å². The Morgan fingerprint density at radius 2 is 2.22 bits per heavy atom. The van der Waals surface area contributed by atoms with Gasteiger partial charge in [-0.1, -0.05) is 24.7 Å². The van der Waals surface area contributed by atoms with Gasteiger partial charge in [-0.25, -0.2) is 4.98 Å². The summed E-state index contributed by atoms with van der Waals surface area (Å²) in [4.78, 5) is 30.6. The lowest BCUT2D eigenvalue weighted by Gasteiger charge is -2.42. The first-order valence-corrected chi connectivity index (χ1v) is 10.5. The van der Waals surface area contributed by atoms with Gasteiger partial charge in [0.25, 0.3) is 5.56 Å². The lowest BCUT2D eigenvalue weighted by molar-refractivity contribution is -0.139. The summed E-state index contributed by atoms with van der Waals surface area (Å²) in [5.74, 6) is -0.0811. The topological polar surface area (TPSA) is 99.8 Å². The Balaban J connectivity index is 1.38. The molecule has 2 saturated carbocycles. The molecule has 0 amide bonds. The van der Waals surface area contributed by atoms with Crippen LogP contribution in [-0.2, 0) is 11.2 Å². The maximum Gasteiger partial charge on any atom is 0.317 e. The molecule has 2 fully saturated rings. The number of rotatable bonds is 9. The van der Waals surface area contributed by atoms with Gasteiger partial charge in [0.05, 0.1) is 6.54 Å². The minimum absolute atomic E-state index is 0.120. The maximum atomic E-state index is 12.2. The van der Waals surface area contributed by atoms with Gasteiger partial charge in [0.1, 0.15) is 0 Å². The Labute approximate surface area is 161 Å². The first-order valence-electron chi connectivity index (χ1n) is 9.64. The first kappa shape index (κ1) is 18.4. The van der Waals surface area contributed by atoms with E-state index in [2.05, 4.69) is 27.2 Å². The summed E-state index contributed by atoms with van der Waals surface area (Å²) >= 11 is 1.39. The number of hydrogen-bond donors (Lipinski definition) is 2. The molecule has 2 aromatic rings. The van der Waals surface area contributed by atoms with E-state index in [1.165, 1.54) is 28.7 Å². The quantitative estimate of drug-likeness (QED) is 0.673. The highest BCUT2D eigenvalue weighted by atomic mass is 32.1. The highest BCUT2D eigenvalue weighted by Crippen LogP contribution is 2.35. The minimum Gasteiger partial charge on any atom is -0.480 e. The van der Waals surface area contributed by atoms with E-state index in [1.807, 2.05) is 0 Å². The Morgan fingerprint density at radius 3 is 2.89 bits per heavy atom. The van der Waals surface area contributed by atoms with E-state index in [0.717, 1.165) is 37.9 Å². The number of hydrogen-bond acceptors (Lipinski definition) is 7. The number of fused-ring (bicyclic) bond motifs is 1. The van der Waals surface area contributed by atoms with Crippen molar-refractivity contribution in [2.45, 2.75) is 57.5 Å². The molecular weight excluding hydrogens is 366 g/mol. The number of anilines is 1. The number of nitrogens with one attached hydrogen (secondary N) is 1. The van der Waals surface area contributed by atoms with Crippen LogP contribution >= 0.6 is 11.3 Å². The predicted octanol–water partition coefficient (Wildman–Crippen LogP) is 1.84. The fraction of sp³-hybridized carbons (Fsp3) is 0.667. The molecule has 2 aromatic heterocycles. The van der Waals surface area contributed by atoms with Gasteiger partial charge in [-0.05, 0) is 38.0 Å². The van der Waals surface area contributed by atoms with Crippen molar-refractivity contribution in [2.24, 2.45) is 5.92 Å². The molecule has 0 radical (unpaired) electrons. The Morgan fingerprint density at radius 1 is 1.44 bits per heavy atom. The second-order valence-electron chi connectivity index (χ2n) is 7.67. The van der Waals surface area contributed by atoms with Crippen LogP contribution in [0.3, 0.4) is 0 Å². The van der Waals surface area contributed by atoms with Crippen LogP contribution in [0, 0.1) is 5.92 Å². The van der Waals surface area contributed by atoms with Crippen molar-refractivity contribution in [3.05, 3.63) is 22.1 Å². The number of carboxylic acids is 1. The van der Waals surface area contributed by atoms with E-state index in [9.17, 15) is 9.59 Å². The fourth-order valence-electron chi connectivity index (χ4n) is 3.63. The predicted molar refractivity (Wildman–Crippen MR) is 103 cm³/mol. The summed E-state index contributed by atoms with van der Waals surface area (Å²) in [6.07, 6.45) is 5.98. The lowest BCUT2D eigenvalue weighted by atomic mass is 9.85. The summed E-state index contributed by atoms with van der Waals surface area (Å²) in [6, 6.07) is 2.13. The van der Waals surface area contributed by atoms with Crippen LogP contribution < -0.4 is 10.9 Å². The molecule has 2 N–H and O–H groups in total. The summed E-state index contributed by atoms with van der Waals surface area (Å²) in [5, 5.41) is 17.6. The summed E-state index contributed by atoms with van der Waals surface area (Å²) in [6.45, 7) is 3.08. The van der Waals surface area contributed by atoms with Crippen molar-refractivity contribution in [3.63, 3.8) is 0 Å². The normalized spacial score (nSPS) is 22.1. The number of aromatic nitrogens is 3. The Kier molecular flexibility index (Phi) is 5.14. The average molecular weight is 391 g/mol. The smallest absolute Gasteiger partial charge is 0.317 e. The van der Waals surface area contributed by atoms with E-state index in [4.69, 9.17) is 5.11 Å². The molecule has 0 aliphatic heterocycles. The van der Waals surface area contributed by atoms with Crippen molar-refractivity contribution in [1.82, 2.24) is 19.5 Å². The maximum absolute atomic E-state index is 12.2. The van der Waals surface area contributed by atoms with Gasteiger partial charge in [-0.15, -0.1) is 5.10 Å². The average Bonchev–Trinajstić information content (AvgIpc) is 3.27. The van der Waals surface area contributed by atoms with E-state index in [-0.39, 0.29) is 18.1 Å². The molecular formula is C18H25N5O3S. The molecule has 8 nitrogen and oxygen atoms in total. The van der Waals surface area contributed by atoms with Crippen LogP contribution in [-0.4, -0.2) is 55.7 Å². The third kappa shape index (κ3) is 4.30. The fourth-order valence-corrected chi connectivity index (χ4v) is 4.53. The van der Waals surface area contributed by atoms with Crippen molar-refractivity contribution >= 4 is 27.4 Å². The number of carbonyl (C=O) groups is 1. The molecule has 0 saturated heterocycles. The number of nitrogens with zero attached hydrogens (tertiary/aromatic N) is 4. The second-order valence-corrected chi connectivity index (χ2v) is 8.63. The van der Waals surface area contributed by atoms with Gasteiger partial charge in [0.15, 0.2) is 0 Å². The van der Waals surface area contributed by atoms with Crippen LogP contribution in [0.1, 0.15) is 44.7 Å². The van der Waals surface area contributed by atoms with Gasteiger partial charge >= 0.3 is 5.97 Å². The lowest BCUT2D eigenvalue weighted by Crippen LogP contribution is -2.52. The first-order chi connectivity index (χ1) is 13.0. The van der Waals surface area contributed by atoms with Gasteiger partial charge in [0.2, 0.25) is 10.1 Å². The summed E-state index contributed by atoms with van der Waals surface area (Å²) < 4.78 is 1.35. The monoisotopic (exact) mass is 391 g/mol. The molecule has 0 unspecified atom stereocenters. The molecule has 0 bridgehead atoms. The second kappa shape index (κ2) is 7.55. The molecule has 0 spiro atoms. The minimum atomic E-state index is -0.758. The summed E-state index contributed by atoms with van der Waals surface area (Å²) in [5.41, 5.74) is 0.669. The van der Waals surface area contributed by atoms with Crippen molar-refractivity contribution in [1.29, 1.82) is 0 Å². The van der Waals surface area contributed by atoms with Crippen LogP contribution in [0.25, 0.3) is 4.96 Å². The summed E-state index contributed by atoms with van der Waals surface area (Å²) in [7, 11) is 0. The van der Waals surface area contributed by atoms with Crippen LogP contribution in [0.4, 0.5) is 5.13 Å². The standard InChI is InChI=1S/C18H25N5O3S/c1-2-3-12-8-15(24)23-18(20-12)27-17(21-23)19-13-6-14(7-13)22(10-16(25)26)9-11-4-5-11/h8,11,13-14H,2-7,9-10H2,1H3,(H,19,21)(H,25,26). The highest BCUT2D eigenvalue weighted by molar-refractivity contribution is 7.20. The molecule has 2 heterocycles. The zero-order valence-electron chi connectivity index (χ0n) is 15.4. The van der Waals surface area contributed by atoms with E-state index < -0.39 is 5.97 Å². The van der Waals surface area contributed by atoms with Gasteiger partial charge in [-0.3, -0.25) is 14.5 Å². The van der Waals surface area contributed by atoms with E-state index >= 15 is 0 Å². The molecule has 146 valence electrons. The van der Waals surface area contributed by atoms with Gasteiger partial charge < -0.3 is 10.4 Å². The third-order valence-corrected chi connectivity index (χ3v) is 6.13. The highest BCUT2D eigenvalue weighted by Gasteiger charge is 2.37. The van der Waals surface area contributed by atoms with Gasteiger partial charge in [0, 0.05) is 30.4 Å². The third-order valence-electron chi connectivity index (χ3n) is 5.29. The molecule has 0 aromatic carbocycles.